The van der Waals surface area contributed by atoms with Gasteiger partial charge in [0.25, 0.3) is 0 Å². The minimum atomic E-state index is -0.625. The molecule has 9 nitrogen and oxygen atoms in total. The molecular formula is C20H19N5O4S. The van der Waals surface area contributed by atoms with Gasteiger partial charge in [0.1, 0.15) is 13.2 Å². The van der Waals surface area contributed by atoms with E-state index in [0.29, 0.717) is 41.4 Å². The summed E-state index contributed by atoms with van der Waals surface area (Å²) in [6, 6.07) is 14.1. The second kappa shape index (κ2) is 8.87. The van der Waals surface area contributed by atoms with Gasteiger partial charge in [-0.25, -0.2) is 4.79 Å². The molecular weight excluding hydrogens is 406 g/mol. The quantitative estimate of drug-likeness (QED) is 0.605. The summed E-state index contributed by atoms with van der Waals surface area (Å²) in [7, 11) is 1.83. The van der Waals surface area contributed by atoms with Gasteiger partial charge >= 0.3 is 6.03 Å². The fraction of sp³-hybridized carbons (Fsp3) is 0.200. The van der Waals surface area contributed by atoms with Crippen molar-refractivity contribution in [1.29, 1.82) is 0 Å². The molecule has 3 amide bonds. The van der Waals surface area contributed by atoms with E-state index in [1.807, 2.05) is 41.9 Å². The molecule has 0 saturated heterocycles. The van der Waals surface area contributed by atoms with Crippen LogP contribution >= 0.6 is 11.8 Å². The number of anilines is 1. The van der Waals surface area contributed by atoms with E-state index in [4.69, 9.17) is 9.47 Å². The van der Waals surface area contributed by atoms with Crippen LogP contribution in [0.3, 0.4) is 0 Å². The number of amides is 3. The Balaban J connectivity index is 1.30. The zero-order valence-corrected chi connectivity index (χ0v) is 16.9. The first-order valence-corrected chi connectivity index (χ1v) is 10.2. The topological polar surface area (TPSA) is 107 Å². The number of fused-ring (bicyclic) bond motifs is 1. The maximum absolute atomic E-state index is 12.1. The van der Waals surface area contributed by atoms with Gasteiger partial charge in [-0.05, 0) is 12.1 Å². The average molecular weight is 425 g/mol. The van der Waals surface area contributed by atoms with Crippen LogP contribution in [0.2, 0.25) is 0 Å². The Morgan fingerprint density at radius 2 is 1.83 bits per heavy atom. The van der Waals surface area contributed by atoms with Crippen LogP contribution in [0.4, 0.5) is 10.5 Å². The molecule has 3 aromatic rings. The zero-order valence-electron chi connectivity index (χ0n) is 16.1. The highest BCUT2D eigenvalue weighted by atomic mass is 32.2. The van der Waals surface area contributed by atoms with E-state index in [9.17, 15) is 9.59 Å². The molecule has 0 spiro atoms. The summed E-state index contributed by atoms with van der Waals surface area (Å²) in [6.07, 6.45) is 0. The highest BCUT2D eigenvalue weighted by Gasteiger charge is 2.16. The first-order valence-electron chi connectivity index (χ1n) is 9.18. The Morgan fingerprint density at radius 3 is 2.63 bits per heavy atom. The first-order chi connectivity index (χ1) is 14.6. The largest absolute Gasteiger partial charge is 0.486 e. The highest BCUT2D eigenvalue weighted by Crippen LogP contribution is 2.32. The third-order valence-electron chi connectivity index (χ3n) is 4.25. The monoisotopic (exact) mass is 425 g/mol. The molecule has 2 N–H and O–H groups in total. The van der Waals surface area contributed by atoms with E-state index in [0.717, 1.165) is 5.56 Å². The third-order valence-corrected chi connectivity index (χ3v) is 5.27. The Morgan fingerprint density at radius 1 is 1.07 bits per heavy atom. The van der Waals surface area contributed by atoms with Crippen LogP contribution in [0.25, 0.3) is 11.4 Å². The molecule has 154 valence electrons. The first kappa shape index (κ1) is 19.8. The number of thioether (sulfide) groups is 1. The summed E-state index contributed by atoms with van der Waals surface area (Å²) in [4.78, 5) is 24.2. The normalized spacial score (nSPS) is 12.3. The minimum absolute atomic E-state index is 0.0231. The number of rotatable bonds is 5. The molecule has 1 aliphatic heterocycles. The van der Waals surface area contributed by atoms with Crippen molar-refractivity contribution in [2.24, 2.45) is 7.05 Å². The molecule has 1 aliphatic rings. The zero-order chi connectivity index (χ0) is 20.9. The number of hydrogen-bond acceptors (Lipinski definition) is 7. The van der Waals surface area contributed by atoms with E-state index in [1.165, 1.54) is 11.8 Å². The maximum Gasteiger partial charge on any atom is 0.325 e. The molecule has 0 atom stereocenters. The van der Waals surface area contributed by atoms with Gasteiger partial charge in [-0.15, -0.1) is 10.2 Å². The molecule has 0 unspecified atom stereocenters. The third kappa shape index (κ3) is 4.54. The second-order valence-corrected chi connectivity index (χ2v) is 7.32. The van der Waals surface area contributed by atoms with Crippen molar-refractivity contribution >= 4 is 29.4 Å². The fourth-order valence-electron chi connectivity index (χ4n) is 2.86. The smallest absolute Gasteiger partial charge is 0.325 e. The highest BCUT2D eigenvalue weighted by molar-refractivity contribution is 7.99. The summed E-state index contributed by atoms with van der Waals surface area (Å²) in [6.45, 7) is 0.942. The molecule has 30 heavy (non-hydrogen) atoms. The Hall–Kier alpha value is -3.53. The van der Waals surface area contributed by atoms with Gasteiger partial charge in [0.2, 0.25) is 5.91 Å². The van der Waals surface area contributed by atoms with E-state index in [-0.39, 0.29) is 5.75 Å². The van der Waals surface area contributed by atoms with Gasteiger partial charge in [-0.1, -0.05) is 42.1 Å². The molecule has 0 bridgehead atoms. The molecule has 10 heteroatoms. The summed E-state index contributed by atoms with van der Waals surface area (Å²) in [5, 5.41) is 13.8. The van der Waals surface area contributed by atoms with E-state index in [1.54, 1.807) is 18.2 Å². The van der Waals surface area contributed by atoms with Crippen LogP contribution in [0.5, 0.6) is 11.5 Å². The van der Waals surface area contributed by atoms with Crippen LogP contribution in [0, 0.1) is 0 Å². The number of hydrogen-bond donors (Lipinski definition) is 2. The van der Waals surface area contributed by atoms with Crippen LogP contribution in [-0.2, 0) is 11.8 Å². The lowest BCUT2D eigenvalue weighted by molar-refractivity contribution is -0.117. The minimum Gasteiger partial charge on any atom is -0.486 e. The lowest BCUT2D eigenvalue weighted by Crippen LogP contribution is -2.35. The van der Waals surface area contributed by atoms with Gasteiger partial charge in [-0.2, -0.15) is 0 Å². The van der Waals surface area contributed by atoms with Crippen LogP contribution in [0.15, 0.2) is 53.7 Å². The van der Waals surface area contributed by atoms with Crippen molar-refractivity contribution in [1.82, 2.24) is 20.1 Å². The van der Waals surface area contributed by atoms with E-state index < -0.39 is 11.9 Å². The van der Waals surface area contributed by atoms with Crippen molar-refractivity contribution in [2.75, 3.05) is 24.3 Å². The Kier molecular flexibility index (Phi) is 5.84. The van der Waals surface area contributed by atoms with Crippen molar-refractivity contribution < 1.29 is 19.1 Å². The predicted octanol–water partition coefficient (Wildman–Crippen LogP) is 2.69. The number of urea groups is 1. The lowest BCUT2D eigenvalue weighted by Gasteiger charge is -2.19. The lowest BCUT2D eigenvalue weighted by atomic mass is 10.2. The van der Waals surface area contributed by atoms with Crippen molar-refractivity contribution in [3.63, 3.8) is 0 Å². The molecule has 4 rings (SSSR count). The second-order valence-electron chi connectivity index (χ2n) is 6.38. The standard InChI is InChI=1S/C20H19N5O4S/c1-25-18(13-5-3-2-4-6-13)23-24-20(25)30-12-17(26)22-19(27)21-14-7-8-15-16(11-14)29-10-9-28-15/h2-8,11H,9-10,12H2,1H3,(H2,21,22,26,27). The number of aromatic nitrogens is 3. The van der Waals surface area contributed by atoms with Gasteiger partial charge < -0.3 is 19.4 Å². The Bertz CT molecular complexity index is 1070. The van der Waals surface area contributed by atoms with E-state index >= 15 is 0 Å². The molecule has 0 aliphatic carbocycles. The van der Waals surface area contributed by atoms with Gasteiger partial charge in [0, 0.05) is 24.4 Å². The SMILES string of the molecule is Cn1c(SCC(=O)NC(=O)Nc2ccc3c(c2)OCCO3)nnc1-c1ccccc1. The van der Waals surface area contributed by atoms with Crippen LogP contribution < -0.4 is 20.1 Å². The molecule has 2 heterocycles. The van der Waals surface area contributed by atoms with Gasteiger partial charge in [0.05, 0.1) is 5.75 Å². The van der Waals surface area contributed by atoms with Crippen LogP contribution in [0.1, 0.15) is 0 Å². The average Bonchev–Trinajstić information content (AvgIpc) is 3.13. The van der Waals surface area contributed by atoms with Crippen molar-refractivity contribution in [3.8, 4) is 22.9 Å². The molecule has 1 aromatic heterocycles. The number of nitrogens with one attached hydrogen (secondary N) is 2. The number of benzene rings is 2. The number of imide groups is 1. The molecule has 0 fully saturated rings. The predicted molar refractivity (Wildman–Crippen MR) is 112 cm³/mol. The summed E-state index contributed by atoms with van der Waals surface area (Å²) < 4.78 is 12.7. The number of carbonyl (C=O) groups is 2. The van der Waals surface area contributed by atoms with Gasteiger partial charge in [-0.3, -0.25) is 10.1 Å². The molecule has 0 radical (unpaired) electrons. The summed E-state index contributed by atoms with van der Waals surface area (Å²) >= 11 is 1.20. The summed E-state index contributed by atoms with van der Waals surface area (Å²) in [5.41, 5.74) is 1.43. The number of ether oxygens (including phenoxy) is 2. The maximum atomic E-state index is 12.1. The van der Waals surface area contributed by atoms with E-state index in [2.05, 4.69) is 20.8 Å². The number of carbonyl (C=O) groups excluding carboxylic acids is 2. The number of nitrogens with zero attached hydrogens (tertiary/aromatic N) is 3. The fourth-order valence-corrected chi connectivity index (χ4v) is 3.57. The molecule has 2 aromatic carbocycles. The Labute approximate surface area is 176 Å². The van der Waals surface area contributed by atoms with Crippen molar-refractivity contribution in [2.45, 2.75) is 5.16 Å². The molecule has 0 saturated carbocycles. The van der Waals surface area contributed by atoms with Crippen LogP contribution in [-0.4, -0.2) is 45.7 Å². The van der Waals surface area contributed by atoms with Gasteiger partial charge in [0.15, 0.2) is 22.5 Å². The summed E-state index contributed by atoms with van der Waals surface area (Å²) in [5.74, 6) is 1.46. The van der Waals surface area contributed by atoms with Crippen molar-refractivity contribution in [3.05, 3.63) is 48.5 Å².